The van der Waals surface area contributed by atoms with E-state index in [1.165, 1.54) is 25.3 Å². The number of amides is 1. The van der Waals surface area contributed by atoms with Gasteiger partial charge in [0.05, 0.1) is 25.7 Å². The Hall–Kier alpha value is -1.66. The molecule has 0 bridgehead atoms. The summed E-state index contributed by atoms with van der Waals surface area (Å²) in [6.07, 6.45) is -0.589. The predicted octanol–water partition coefficient (Wildman–Crippen LogP) is 0.718. The number of aliphatic hydroxyl groups excluding tert-OH is 1. The van der Waals surface area contributed by atoms with E-state index in [9.17, 15) is 14.3 Å². The van der Waals surface area contributed by atoms with Gasteiger partial charge in [0.2, 0.25) is 5.91 Å². The molecule has 0 aliphatic heterocycles. The lowest BCUT2D eigenvalue weighted by Crippen LogP contribution is -2.34. The van der Waals surface area contributed by atoms with Crippen LogP contribution in [0.5, 0.6) is 5.75 Å². The van der Waals surface area contributed by atoms with Crippen molar-refractivity contribution in [3.8, 4) is 5.75 Å². The molecular formula is C13H18FNO4. The van der Waals surface area contributed by atoms with Gasteiger partial charge in [0.1, 0.15) is 11.6 Å². The first-order valence-electron chi connectivity index (χ1n) is 5.94. The number of aliphatic hydroxyl groups is 1. The van der Waals surface area contributed by atoms with Crippen LogP contribution < -0.4 is 10.1 Å². The number of benzene rings is 1. The topological polar surface area (TPSA) is 67.8 Å². The molecule has 1 aromatic carbocycles. The van der Waals surface area contributed by atoms with Crippen LogP contribution in [0.1, 0.15) is 6.42 Å². The number of carbonyl (C=O) groups is 1. The summed E-state index contributed by atoms with van der Waals surface area (Å²) in [5.41, 5.74) is 0. The van der Waals surface area contributed by atoms with Gasteiger partial charge in [0.25, 0.3) is 0 Å². The summed E-state index contributed by atoms with van der Waals surface area (Å²) >= 11 is 0. The summed E-state index contributed by atoms with van der Waals surface area (Å²) in [7, 11) is 1.47. The second-order valence-electron chi connectivity index (χ2n) is 3.97. The molecule has 1 aromatic rings. The average molecular weight is 271 g/mol. The molecule has 2 N–H and O–H groups in total. The zero-order valence-electron chi connectivity index (χ0n) is 10.8. The van der Waals surface area contributed by atoms with E-state index in [0.717, 1.165) is 0 Å². The fraction of sp³-hybridized carbons (Fsp3) is 0.462. The van der Waals surface area contributed by atoms with Crippen LogP contribution in [0.25, 0.3) is 0 Å². The van der Waals surface area contributed by atoms with Gasteiger partial charge in [0, 0.05) is 19.7 Å². The van der Waals surface area contributed by atoms with Crippen LogP contribution in [0, 0.1) is 5.82 Å². The van der Waals surface area contributed by atoms with E-state index in [-0.39, 0.29) is 37.9 Å². The van der Waals surface area contributed by atoms with Crippen molar-refractivity contribution in [2.75, 3.05) is 26.9 Å². The lowest BCUT2D eigenvalue weighted by molar-refractivity contribution is -0.122. The summed E-state index contributed by atoms with van der Waals surface area (Å²) < 4.78 is 22.8. The van der Waals surface area contributed by atoms with Crippen LogP contribution in [-0.2, 0) is 9.53 Å². The molecule has 1 rings (SSSR count). The maximum Gasteiger partial charge on any atom is 0.223 e. The van der Waals surface area contributed by atoms with Gasteiger partial charge in [0.15, 0.2) is 0 Å². The fourth-order valence-electron chi connectivity index (χ4n) is 1.39. The second kappa shape index (κ2) is 8.44. The molecule has 1 unspecified atom stereocenters. The predicted molar refractivity (Wildman–Crippen MR) is 67.4 cm³/mol. The Morgan fingerprint density at radius 3 is 3.00 bits per heavy atom. The minimum atomic E-state index is -0.724. The second-order valence-corrected chi connectivity index (χ2v) is 3.97. The van der Waals surface area contributed by atoms with E-state index in [1.807, 2.05) is 0 Å². The molecule has 0 heterocycles. The first kappa shape index (κ1) is 15.4. The molecule has 0 aliphatic rings. The molecule has 19 heavy (non-hydrogen) atoms. The number of halogens is 1. The molecule has 0 saturated carbocycles. The zero-order chi connectivity index (χ0) is 14.1. The number of hydrogen-bond donors (Lipinski definition) is 2. The van der Waals surface area contributed by atoms with Gasteiger partial charge in [-0.3, -0.25) is 4.79 Å². The number of carbonyl (C=O) groups excluding carboxylic acids is 1. The van der Waals surface area contributed by atoms with Crippen molar-refractivity contribution in [1.82, 2.24) is 5.32 Å². The third-order valence-electron chi connectivity index (χ3n) is 2.29. The standard InChI is InChI=1S/C13H18FNO4/c1-18-9-11(16)8-15-13(17)5-6-19-12-4-2-3-10(14)7-12/h2-4,7,11,16H,5-6,8-9H2,1H3,(H,15,17). The summed E-state index contributed by atoms with van der Waals surface area (Å²) in [4.78, 5) is 11.4. The lowest BCUT2D eigenvalue weighted by Gasteiger charge is -2.11. The Morgan fingerprint density at radius 2 is 2.32 bits per heavy atom. The van der Waals surface area contributed by atoms with E-state index < -0.39 is 6.10 Å². The molecule has 0 radical (unpaired) electrons. The third kappa shape index (κ3) is 6.73. The van der Waals surface area contributed by atoms with Crippen molar-refractivity contribution < 1.29 is 23.8 Å². The van der Waals surface area contributed by atoms with Gasteiger partial charge >= 0.3 is 0 Å². The molecule has 0 aromatic heterocycles. The minimum absolute atomic E-state index is 0.132. The monoisotopic (exact) mass is 271 g/mol. The Kier molecular flexibility index (Phi) is 6.84. The van der Waals surface area contributed by atoms with Crippen molar-refractivity contribution in [3.63, 3.8) is 0 Å². The first-order chi connectivity index (χ1) is 9.11. The van der Waals surface area contributed by atoms with Gasteiger partial charge in [-0.2, -0.15) is 0 Å². The molecule has 0 aliphatic carbocycles. The maximum absolute atomic E-state index is 12.8. The van der Waals surface area contributed by atoms with Crippen LogP contribution in [-0.4, -0.2) is 44.0 Å². The maximum atomic E-state index is 12.8. The number of nitrogens with one attached hydrogen (secondary N) is 1. The SMILES string of the molecule is COCC(O)CNC(=O)CCOc1cccc(F)c1. The van der Waals surface area contributed by atoms with Crippen molar-refractivity contribution in [2.45, 2.75) is 12.5 Å². The summed E-state index contributed by atoms with van der Waals surface area (Å²) in [5.74, 6) is -0.247. The highest BCUT2D eigenvalue weighted by atomic mass is 19.1. The smallest absolute Gasteiger partial charge is 0.223 e. The van der Waals surface area contributed by atoms with Crippen LogP contribution in [0.3, 0.4) is 0 Å². The Morgan fingerprint density at radius 1 is 1.53 bits per heavy atom. The van der Waals surface area contributed by atoms with Crippen molar-refractivity contribution in [2.24, 2.45) is 0 Å². The molecule has 1 atom stereocenters. The molecule has 6 heteroatoms. The summed E-state index contributed by atoms with van der Waals surface area (Å²) in [6, 6.07) is 5.71. The lowest BCUT2D eigenvalue weighted by atomic mass is 10.3. The summed E-state index contributed by atoms with van der Waals surface area (Å²) in [6.45, 7) is 0.447. The van der Waals surface area contributed by atoms with E-state index in [0.29, 0.717) is 5.75 Å². The highest BCUT2D eigenvalue weighted by molar-refractivity contribution is 5.76. The molecule has 5 nitrogen and oxygen atoms in total. The van der Waals surface area contributed by atoms with E-state index in [2.05, 4.69) is 5.32 Å². The van der Waals surface area contributed by atoms with Gasteiger partial charge in [-0.05, 0) is 12.1 Å². The zero-order valence-corrected chi connectivity index (χ0v) is 10.8. The highest BCUT2D eigenvalue weighted by Gasteiger charge is 2.06. The molecule has 0 saturated heterocycles. The number of rotatable bonds is 8. The molecule has 0 spiro atoms. The van der Waals surface area contributed by atoms with Crippen LogP contribution in [0.15, 0.2) is 24.3 Å². The number of ether oxygens (including phenoxy) is 2. The fourth-order valence-corrected chi connectivity index (χ4v) is 1.39. The molecule has 106 valence electrons. The molecule has 0 fully saturated rings. The van der Waals surface area contributed by atoms with Gasteiger partial charge < -0.3 is 19.9 Å². The quantitative estimate of drug-likeness (QED) is 0.731. The van der Waals surface area contributed by atoms with Gasteiger partial charge in [-0.1, -0.05) is 6.07 Å². The average Bonchev–Trinajstić information content (AvgIpc) is 2.37. The van der Waals surface area contributed by atoms with Crippen molar-refractivity contribution in [3.05, 3.63) is 30.1 Å². The normalized spacial score (nSPS) is 11.9. The van der Waals surface area contributed by atoms with Crippen LogP contribution >= 0.6 is 0 Å². The van der Waals surface area contributed by atoms with Gasteiger partial charge in [-0.25, -0.2) is 4.39 Å². The third-order valence-corrected chi connectivity index (χ3v) is 2.29. The number of hydrogen-bond acceptors (Lipinski definition) is 4. The van der Waals surface area contributed by atoms with Crippen molar-refractivity contribution >= 4 is 5.91 Å². The molecule has 1 amide bonds. The van der Waals surface area contributed by atoms with E-state index in [4.69, 9.17) is 9.47 Å². The Bertz CT molecular complexity index is 400. The van der Waals surface area contributed by atoms with Crippen molar-refractivity contribution in [1.29, 1.82) is 0 Å². The van der Waals surface area contributed by atoms with E-state index in [1.54, 1.807) is 6.07 Å². The number of methoxy groups -OCH3 is 1. The van der Waals surface area contributed by atoms with Gasteiger partial charge in [-0.15, -0.1) is 0 Å². The largest absolute Gasteiger partial charge is 0.493 e. The Balaban J connectivity index is 2.17. The Labute approximate surface area is 111 Å². The summed E-state index contributed by atoms with van der Waals surface area (Å²) in [5, 5.41) is 11.9. The molecular weight excluding hydrogens is 253 g/mol. The van der Waals surface area contributed by atoms with E-state index >= 15 is 0 Å². The minimum Gasteiger partial charge on any atom is -0.493 e. The van der Waals surface area contributed by atoms with Crippen LogP contribution in [0.2, 0.25) is 0 Å². The van der Waals surface area contributed by atoms with Crippen LogP contribution in [0.4, 0.5) is 4.39 Å². The first-order valence-corrected chi connectivity index (χ1v) is 5.94. The highest BCUT2D eigenvalue weighted by Crippen LogP contribution is 2.11.